The van der Waals surface area contributed by atoms with Crippen LogP contribution in [-0.4, -0.2) is 13.2 Å². The molecule has 0 fully saturated rings. The minimum absolute atomic E-state index is 0.0274. The molecule has 0 saturated heterocycles. The molecule has 21 heavy (non-hydrogen) atoms. The third-order valence-corrected chi connectivity index (χ3v) is 3.43. The Balaban J connectivity index is 2.75. The Hall–Kier alpha value is -1.60. The van der Waals surface area contributed by atoms with Crippen LogP contribution in [-0.2, 0) is 0 Å². The van der Waals surface area contributed by atoms with E-state index in [4.69, 9.17) is 10.00 Å². The monoisotopic (exact) mass is 292 g/mol. The summed E-state index contributed by atoms with van der Waals surface area (Å²) in [4.78, 5) is 0. The Kier molecular flexibility index (Phi) is 6.64. The highest BCUT2D eigenvalue weighted by atomic mass is 19.1. The van der Waals surface area contributed by atoms with Crippen LogP contribution in [0.5, 0.6) is 5.75 Å². The lowest BCUT2D eigenvalue weighted by atomic mass is 9.92. The van der Waals surface area contributed by atoms with Crippen LogP contribution in [0.3, 0.4) is 0 Å². The first-order valence-corrected chi connectivity index (χ1v) is 7.46. The average Bonchev–Trinajstić information content (AvgIpc) is 2.46. The molecule has 0 aromatic heterocycles. The first-order valence-electron chi connectivity index (χ1n) is 7.46. The quantitative estimate of drug-likeness (QED) is 0.781. The van der Waals surface area contributed by atoms with E-state index in [-0.39, 0.29) is 11.9 Å². The van der Waals surface area contributed by atoms with Crippen LogP contribution in [0.2, 0.25) is 0 Å². The molecule has 1 rings (SSSR count). The van der Waals surface area contributed by atoms with Crippen molar-refractivity contribution in [1.82, 2.24) is 5.32 Å². The van der Waals surface area contributed by atoms with Gasteiger partial charge in [0.2, 0.25) is 0 Å². The van der Waals surface area contributed by atoms with E-state index < -0.39 is 5.41 Å². The SMILES string of the molecule is CCCNC(C)c1cc(F)ccc1OCCC(C)(C)C#N. The molecule has 0 aliphatic carbocycles. The number of hydrogen-bond donors (Lipinski definition) is 1. The van der Waals surface area contributed by atoms with Crippen molar-refractivity contribution in [2.24, 2.45) is 5.41 Å². The van der Waals surface area contributed by atoms with Crippen molar-refractivity contribution in [2.45, 2.75) is 46.6 Å². The first-order chi connectivity index (χ1) is 9.89. The molecule has 0 aliphatic heterocycles. The molecule has 0 heterocycles. The van der Waals surface area contributed by atoms with Gasteiger partial charge in [-0.1, -0.05) is 6.92 Å². The van der Waals surface area contributed by atoms with Gasteiger partial charge in [-0.2, -0.15) is 5.26 Å². The van der Waals surface area contributed by atoms with E-state index in [1.54, 1.807) is 6.07 Å². The van der Waals surface area contributed by atoms with Gasteiger partial charge >= 0.3 is 0 Å². The summed E-state index contributed by atoms with van der Waals surface area (Å²) in [6.45, 7) is 9.17. The molecule has 0 radical (unpaired) electrons. The number of ether oxygens (including phenoxy) is 1. The minimum Gasteiger partial charge on any atom is -0.493 e. The van der Waals surface area contributed by atoms with E-state index in [2.05, 4.69) is 18.3 Å². The summed E-state index contributed by atoms with van der Waals surface area (Å²) in [5.74, 6) is 0.418. The number of rotatable bonds is 8. The van der Waals surface area contributed by atoms with Crippen LogP contribution < -0.4 is 10.1 Å². The van der Waals surface area contributed by atoms with Gasteiger partial charge in [0.1, 0.15) is 11.6 Å². The molecule has 3 nitrogen and oxygen atoms in total. The number of nitrogens with zero attached hydrogens (tertiary/aromatic N) is 1. The summed E-state index contributed by atoms with van der Waals surface area (Å²) < 4.78 is 19.2. The third kappa shape index (κ3) is 5.73. The number of halogens is 1. The Morgan fingerprint density at radius 2 is 2.14 bits per heavy atom. The molecule has 0 bridgehead atoms. The fourth-order valence-electron chi connectivity index (χ4n) is 1.93. The van der Waals surface area contributed by atoms with Gasteiger partial charge in [0.25, 0.3) is 0 Å². The molecule has 0 amide bonds. The highest BCUT2D eigenvalue weighted by molar-refractivity contribution is 5.36. The molecule has 1 N–H and O–H groups in total. The van der Waals surface area contributed by atoms with Gasteiger partial charge in [-0.3, -0.25) is 0 Å². The van der Waals surface area contributed by atoms with Gasteiger partial charge < -0.3 is 10.1 Å². The van der Waals surface area contributed by atoms with Crippen LogP contribution in [0.25, 0.3) is 0 Å². The lowest BCUT2D eigenvalue weighted by Gasteiger charge is -2.20. The van der Waals surface area contributed by atoms with Crippen LogP contribution in [0.1, 0.15) is 52.1 Å². The van der Waals surface area contributed by atoms with Crippen molar-refractivity contribution in [3.63, 3.8) is 0 Å². The number of nitrogens with one attached hydrogen (secondary N) is 1. The van der Waals surface area contributed by atoms with Gasteiger partial charge in [0.15, 0.2) is 0 Å². The summed E-state index contributed by atoms with van der Waals surface area (Å²) in [6, 6.07) is 6.85. The zero-order chi connectivity index (χ0) is 15.9. The van der Waals surface area contributed by atoms with Gasteiger partial charge in [-0.25, -0.2) is 4.39 Å². The average molecular weight is 292 g/mol. The van der Waals surface area contributed by atoms with Gasteiger partial charge in [0, 0.05) is 11.6 Å². The second kappa shape index (κ2) is 7.99. The second-order valence-electron chi connectivity index (χ2n) is 5.95. The highest BCUT2D eigenvalue weighted by Gasteiger charge is 2.18. The maximum atomic E-state index is 13.5. The maximum Gasteiger partial charge on any atom is 0.124 e. The van der Waals surface area contributed by atoms with E-state index >= 15 is 0 Å². The zero-order valence-corrected chi connectivity index (χ0v) is 13.4. The number of hydrogen-bond acceptors (Lipinski definition) is 3. The van der Waals surface area contributed by atoms with Crippen LogP contribution in [0.4, 0.5) is 4.39 Å². The molecule has 1 atom stereocenters. The molecular formula is C17H25FN2O. The van der Waals surface area contributed by atoms with Crippen LogP contribution in [0.15, 0.2) is 18.2 Å². The van der Waals surface area contributed by atoms with Crippen molar-refractivity contribution < 1.29 is 9.13 Å². The Morgan fingerprint density at radius 1 is 1.43 bits per heavy atom. The lowest BCUT2D eigenvalue weighted by molar-refractivity contribution is 0.260. The highest BCUT2D eigenvalue weighted by Crippen LogP contribution is 2.27. The van der Waals surface area contributed by atoms with E-state index in [1.165, 1.54) is 12.1 Å². The van der Waals surface area contributed by atoms with E-state index in [9.17, 15) is 4.39 Å². The van der Waals surface area contributed by atoms with Gasteiger partial charge in [0.05, 0.1) is 18.1 Å². The second-order valence-corrected chi connectivity index (χ2v) is 5.95. The lowest BCUT2D eigenvalue weighted by Crippen LogP contribution is -2.20. The Morgan fingerprint density at radius 3 is 2.76 bits per heavy atom. The van der Waals surface area contributed by atoms with Crippen LogP contribution in [0, 0.1) is 22.6 Å². The predicted molar refractivity (Wildman–Crippen MR) is 82.6 cm³/mol. The largest absolute Gasteiger partial charge is 0.493 e. The molecular weight excluding hydrogens is 267 g/mol. The maximum absolute atomic E-state index is 13.5. The van der Waals surface area contributed by atoms with Crippen molar-refractivity contribution >= 4 is 0 Å². The number of nitriles is 1. The van der Waals surface area contributed by atoms with Crippen molar-refractivity contribution in [2.75, 3.05) is 13.2 Å². The van der Waals surface area contributed by atoms with Gasteiger partial charge in [-0.15, -0.1) is 0 Å². The fourth-order valence-corrected chi connectivity index (χ4v) is 1.93. The predicted octanol–water partition coefficient (Wildman–Crippen LogP) is 4.20. The van der Waals surface area contributed by atoms with E-state index in [0.29, 0.717) is 18.8 Å². The van der Waals surface area contributed by atoms with Crippen molar-refractivity contribution in [3.05, 3.63) is 29.6 Å². The minimum atomic E-state index is -0.410. The summed E-state index contributed by atoms with van der Waals surface area (Å²) in [5, 5.41) is 12.3. The topological polar surface area (TPSA) is 45.0 Å². The van der Waals surface area contributed by atoms with E-state index in [0.717, 1.165) is 18.5 Å². The van der Waals surface area contributed by atoms with E-state index in [1.807, 2.05) is 20.8 Å². The summed E-state index contributed by atoms with van der Waals surface area (Å²) in [5.41, 5.74) is 0.407. The molecule has 0 aliphatic rings. The molecule has 1 aromatic carbocycles. The molecule has 4 heteroatoms. The standard InChI is InChI=1S/C17H25FN2O/c1-5-9-20-13(2)15-11-14(18)6-7-16(15)21-10-8-17(3,4)12-19/h6-7,11,13,20H,5,8-10H2,1-4H3. The smallest absolute Gasteiger partial charge is 0.124 e. The van der Waals surface area contributed by atoms with Crippen LogP contribution >= 0.6 is 0 Å². The zero-order valence-electron chi connectivity index (χ0n) is 13.4. The Labute approximate surface area is 127 Å². The molecule has 0 saturated carbocycles. The summed E-state index contributed by atoms with van der Waals surface area (Å²) in [7, 11) is 0. The third-order valence-electron chi connectivity index (χ3n) is 3.43. The first kappa shape index (κ1) is 17.5. The summed E-state index contributed by atoms with van der Waals surface area (Å²) >= 11 is 0. The molecule has 0 spiro atoms. The molecule has 116 valence electrons. The normalized spacial score (nSPS) is 12.8. The number of benzene rings is 1. The van der Waals surface area contributed by atoms with Crippen molar-refractivity contribution in [3.8, 4) is 11.8 Å². The molecule has 1 aromatic rings. The summed E-state index contributed by atoms with van der Waals surface area (Å²) in [6.07, 6.45) is 1.66. The van der Waals surface area contributed by atoms with Crippen molar-refractivity contribution in [1.29, 1.82) is 5.26 Å². The molecule has 1 unspecified atom stereocenters. The van der Waals surface area contributed by atoms with Gasteiger partial charge in [-0.05, 0) is 58.4 Å². The Bertz CT molecular complexity index is 494. The fraction of sp³-hybridized carbons (Fsp3) is 0.588.